The van der Waals surface area contributed by atoms with Gasteiger partial charge in [-0.05, 0) is 107 Å². The first-order chi connectivity index (χ1) is 15.7. The standard InChI is InChI=1S/C30H35BO2/c1-7-11-27-25(19-18-23-16-14-22(2)15-17-23)20-26(24-12-9-8-10-13-24)21-28(27)31-32-29(3,4)30(5,6)33-31/h7,12,14-17,20-21H,1,8-11,13H2,2-6H3. The number of allylic oxidation sites excluding steroid dienone is 3. The summed E-state index contributed by atoms with van der Waals surface area (Å²) >= 11 is 0. The van der Waals surface area contributed by atoms with Gasteiger partial charge in [0, 0.05) is 11.1 Å². The lowest BCUT2D eigenvalue weighted by atomic mass is 9.72. The molecule has 2 aromatic carbocycles. The minimum atomic E-state index is -0.422. The topological polar surface area (TPSA) is 18.5 Å². The maximum Gasteiger partial charge on any atom is 0.495 e. The fourth-order valence-corrected chi connectivity index (χ4v) is 4.42. The van der Waals surface area contributed by atoms with Crippen molar-refractivity contribution in [2.45, 2.75) is 77.9 Å². The Morgan fingerprint density at radius 2 is 1.70 bits per heavy atom. The van der Waals surface area contributed by atoms with E-state index in [1.54, 1.807) is 0 Å². The molecule has 0 unspecified atom stereocenters. The molecule has 2 aromatic rings. The minimum Gasteiger partial charge on any atom is -0.399 e. The summed E-state index contributed by atoms with van der Waals surface area (Å²) in [4.78, 5) is 0. The molecule has 1 fully saturated rings. The Labute approximate surface area is 200 Å². The number of hydrogen-bond donors (Lipinski definition) is 0. The fraction of sp³-hybridized carbons (Fsp3) is 0.400. The molecule has 0 amide bonds. The molecule has 0 N–H and O–H groups in total. The lowest BCUT2D eigenvalue weighted by Crippen LogP contribution is -2.41. The highest BCUT2D eigenvalue weighted by Gasteiger charge is 2.52. The van der Waals surface area contributed by atoms with Gasteiger partial charge in [-0.2, -0.15) is 0 Å². The Morgan fingerprint density at radius 3 is 2.30 bits per heavy atom. The van der Waals surface area contributed by atoms with Crippen LogP contribution in [0.15, 0.2) is 55.1 Å². The molecule has 1 heterocycles. The van der Waals surface area contributed by atoms with Gasteiger partial charge in [0.15, 0.2) is 0 Å². The zero-order valence-corrected chi connectivity index (χ0v) is 20.8. The third-order valence-corrected chi connectivity index (χ3v) is 7.19. The molecule has 0 atom stereocenters. The van der Waals surface area contributed by atoms with Crippen molar-refractivity contribution < 1.29 is 9.31 Å². The second kappa shape index (κ2) is 9.37. The van der Waals surface area contributed by atoms with Crippen molar-refractivity contribution in [3.8, 4) is 11.8 Å². The van der Waals surface area contributed by atoms with Gasteiger partial charge in [0.05, 0.1) is 11.2 Å². The Morgan fingerprint density at radius 1 is 1.00 bits per heavy atom. The van der Waals surface area contributed by atoms with Gasteiger partial charge in [0.25, 0.3) is 0 Å². The van der Waals surface area contributed by atoms with E-state index in [9.17, 15) is 0 Å². The Kier molecular flexibility index (Phi) is 6.71. The largest absolute Gasteiger partial charge is 0.495 e. The summed E-state index contributed by atoms with van der Waals surface area (Å²) in [5, 5.41) is 0. The van der Waals surface area contributed by atoms with Crippen LogP contribution in [0.25, 0.3) is 5.57 Å². The zero-order valence-electron chi connectivity index (χ0n) is 20.8. The molecule has 0 spiro atoms. The highest BCUT2D eigenvalue weighted by atomic mass is 16.7. The van der Waals surface area contributed by atoms with Gasteiger partial charge in [-0.25, -0.2) is 0 Å². The van der Waals surface area contributed by atoms with Crippen LogP contribution in [0, 0.1) is 18.8 Å². The van der Waals surface area contributed by atoms with Crippen LogP contribution in [0.5, 0.6) is 0 Å². The first kappa shape index (κ1) is 23.6. The first-order valence-electron chi connectivity index (χ1n) is 12.1. The summed E-state index contributed by atoms with van der Waals surface area (Å²) in [6.45, 7) is 14.5. The molecule has 1 aliphatic heterocycles. The van der Waals surface area contributed by atoms with Gasteiger partial charge >= 0.3 is 7.12 Å². The number of aryl methyl sites for hydroxylation is 1. The summed E-state index contributed by atoms with van der Waals surface area (Å²) < 4.78 is 13.0. The Bertz CT molecular complexity index is 1110. The van der Waals surface area contributed by atoms with Crippen molar-refractivity contribution in [1.29, 1.82) is 0 Å². The second-order valence-corrected chi connectivity index (χ2v) is 10.3. The fourth-order valence-electron chi connectivity index (χ4n) is 4.42. The van der Waals surface area contributed by atoms with Crippen molar-refractivity contribution in [3.05, 3.63) is 82.9 Å². The third kappa shape index (κ3) is 5.03. The molecule has 3 heteroatoms. The summed E-state index contributed by atoms with van der Waals surface area (Å²) in [7, 11) is -0.422. The molecule has 1 saturated heterocycles. The maximum atomic E-state index is 6.49. The second-order valence-electron chi connectivity index (χ2n) is 10.3. The van der Waals surface area contributed by atoms with Gasteiger partial charge in [0.1, 0.15) is 0 Å². The van der Waals surface area contributed by atoms with E-state index in [2.05, 4.69) is 95.5 Å². The highest BCUT2D eigenvalue weighted by Crippen LogP contribution is 2.37. The summed E-state index contributed by atoms with van der Waals surface area (Å²) in [6, 6.07) is 12.9. The number of hydrogen-bond acceptors (Lipinski definition) is 2. The summed E-state index contributed by atoms with van der Waals surface area (Å²) in [5.41, 5.74) is 7.36. The average molecular weight is 438 g/mol. The first-order valence-corrected chi connectivity index (χ1v) is 12.1. The Hall–Kier alpha value is -2.54. The van der Waals surface area contributed by atoms with Crippen molar-refractivity contribution in [3.63, 3.8) is 0 Å². The molecule has 0 saturated carbocycles. The molecule has 0 bridgehead atoms. The number of rotatable bonds is 4. The van der Waals surface area contributed by atoms with Crippen LogP contribution < -0.4 is 5.46 Å². The van der Waals surface area contributed by atoms with E-state index < -0.39 is 18.3 Å². The van der Waals surface area contributed by atoms with E-state index in [4.69, 9.17) is 9.31 Å². The lowest BCUT2D eigenvalue weighted by Gasteiger charge is -2.32. The van der Waals surface area contributed by atoms with Crippen LogP contribution in [-0.2, 0) is 15.7 Å². The highest BCUT2D eigenvalue weighted by molar-refractivity contribution is 6.62. The predicted molar refractivity (Wildman–Crippen MR) is 140 cm³/mol. The predicted octanol–water partition coefficient (Wildman–Crippen LogP) is 6.38. The van der Waals surface area contributed by atoms with Crippen molar-refractivity contribution in [2.75, 3.05) is 0 Å². The Balaban J connectivity index is 1.85. The van der Waals surface area contributed by atoms with Gasteiger partial charge in [-0.15, -0.1) is 6.58 Å². The van der Waals surface area contributed by atoms with E-state index in [0.717, 1.165) is 41.4 Å². The van der Waals surface area contributed by atoms with E-state index in [-0.39, 0.29) is 0 Å². The van der Waals surface area contributed by atoms with E-state index in [1.807, 2.05) is 6.08 Å². The molecule has 1 aliphatic carbocycles. The molecular weight excluding hydrogens is 403 g/mol. The van der Waals surface area contributed by atoms with Crippen LogP contribution in [0.1, 0.15) is 81.2 Å². The molecule has 2 nitrogen and oxygen atoms in total. The zero-order chi connectivity index (χ0) is 23.6. The van der Waals surface area contributed by atoms with E-state index in [1.165, 1.54) is 29.5 Å². The molecular formula is C30H35BO2. The van der Waals surface area contributed by atoms with Gasteiger partial charge in [-0.1, -0.05) is 47.8 Å². The SMILES string of the molecule is C=CCc1c(C#Cc2ccc(C)cc2)cc(C2=CCCCC2)cc1B1OC(C)(C)C(C)(C)O1. The molecule has 4 rings (SSSR count). The summed E-state index contributed by atoms with van der Waals surface area (Å²) in [5.74, 6) is 6.86. The van der Waals surface area contributed by atoms with Gasteiger partial charge < -0.3 is 9.31 Å². The van der Waals surface area contributed by atoms with Crippen LogP contribution in [-0.4, -0.2) is 18.3 Å². The quantitative estimate of drug-likeness (QED) is 0.313. The van der Waals surface area contributed by atoms with Gasteiger partial charge in [-0.3, -0.25) is 0 Å². The average Bonchev–Trinajstić information content (AvgIpc) is 3.01. The summed E-state index contributed by atoms with van der Waals surface area (Å²) in [6.07, 6.45) is 9.79. The number of benzene rings is 2. The molecule has 33 heavy (non-hydrogen) atoms. The molecule has 0 radical (unpaired) electrons. The molecule has 170 valence electrons. The molecule has 2 aliphatic rings. The van der Waals surface area contributed by atoms with E-state index in [0.29, 0.717) is 0 Å². The van der Waals surface area contributed by atoms with Crippen LogP contribution >= 0.6 is 0 Å². The lowest BCUT2D eigenvalue weighted by molar-refractivity contribution is 0.00578. The van der Waals surface area contributed by atoms with E-state index >= 15 is 0 Å². The monoisotopic (exact) mass is 438 g/mol. The maximum absolute atomic E-state index is 6.49. The van der Waals surface area contributed by atoms with Gasteiger partial charge in [0.2, 0.25) is 0 Å². The van der Waals surface area contributed by atoms with Crippen LogP contribution in [0.3, 0.4) is 0 Å². The van der Waals surface area contributed by atoms with Crippen molar-refractivity contribution in [1.82, 2.24) is 0 Å². The third-order valence-electron chi connectivity index (χ3n) is 7.19. The van der Waals surface area contributed by atoms with Crippen LogP contribution in [0.2, 0.25) is 0 Å². The molecule has 0 aromatic heterocycles. The van der Waals surface area contributed by atoms with Crippen molar-refractivity contribution >= 4 is 18.2 Å². The van der Waals surface area contributed by atoms with Crippen LogP contribution in [0.4, 0.5) is 0 Å². The normalized spacial score (nSPS) is 18.9. The smallest absolute Gasteiger partial charge is 0.399 e. The minimum absolute atomic E-state index is 0.392. The van der Waals surface area contributed by atoms with Crippen molar-refractivity contribution in [2.24, 2.45) is 0 Å².